The van der Waals surface area contributed by atoms with Gasteiger partial charge < -0.3 is 9.42 Å². The summed E-state index contributed by atoms with van der Waals surface area (Å²) < 4.78 is 5.28. The number of hydrogen-bond donors (Lipinski definition) is 0. The zero-order chi connectivity index (χ0) is 16.9. The molecule has 0 atom stereocenters. The molecule has 7 heteroatoms. The molecule has 0 radical (unpaired) electrons. The van der Waals surface area contributed by atoms with E-state index in [0.29, 0.717) is 18.0 Å². The minimum Gasteiger partial charge on any atom is -0.354 e. The Morgan fingerprint density at radius 3 is 2.92 bits per heavy atom. The number of rotatable bonds is 4. The van der Waals surface area contributed by atoms with Crippen molar-refractivity contribution < 1.29 is 4.52 Å². The summed E-state index contributed by atoms with van der Waals surface area (Å²) in [7, 11) is 0. The lowest BCUT2D eigenvalue weighted by atomic mass is 10.2. The molecule has 0 bridgehead atoms. The van der Waals surface area contributed by atoms with Gasteiger partial charge >= 0.3 is 0 Å². The Labute approximate surface area is 141 Å². The van der Waals surface area contributed by atoms with Gasteiger partial charge in [0.25, 0.3) is 0 Å². The zero-order valence-electron chi connectivity index (χ0n) is 14.1. The van der Waals surface area contributed by atoms with Crippen molar-refractivity contribution in [3.05, 3.63) is 35.6 Å². The van der Waals surface area contributed by atoms with Gasteiger partial charge in [-0.25, -0.2) is 4.98 Å². The average Bonchev–Trinajstić information content (AvgIpc) is 2.94. The van der Waals surface area contributed by atoms with Gasteiger partial charge in [0.1, 0.15) is 11.9 Å². The van der Waals surface area contributed by atoms with Gasteiger partial charge in [-0.2, -0.15) is 10.2 Å². The van der Waals surface area contributed by atoms with Crippen LogP contribution in [0.15, 0.2) is 22.9 Å². The van der Waals surface area contributed by atoms with E-state index in [1.54, 1.807) is 12.3 Å². The number of aromatic nitrogens is 3. The molecule has 0 aliphatic carbocycles. The lowest BCUT2D eigenvalue weighted by molar-refractivity contribution is 0.271. The minimum absolute atomic E-state index is 0.249. The van der Waals surface area contributed by atoms with Gasteiger partial charge in [0.05, 0.1) is 12.1 Å². The number of hydrogen-bond acceptors (Lipinski definition) is 7. The maximum absolute atomic E-state index is 9.26. The lowest BCUT2D eigenvalue weighted by Crippen LogP contribution is -2.31. The van der Waals surface area contributed by atoms with E-state index in [9.17, 15) is 5.26 Å². The normalized spacial score (nSPS) is 16.2. The van der Waals surface area contributed by atoms with E-state index >= 15 is 0 Å². The molecule has 0 spiro atoms. The van der Waals surface area contributed by atoms with Crippen LogP contribution in [0.5, 0.6) is 0 Å². The fraction of sp³-hybridized carbons (Fsp3) is 0.529. The smallest absolute Gasteiger partial charge is 0.229 e. The van der Waals surface area contributed by atoms with Crippen molar-refractivity contribution in [3.63, 3.8) is 0 Å². The first-order valence-electron chi connectivity index (χ1n) is 8.32. The molecule has 1 aliphatic heterocycles. The Morgan fingerprint density at radius 2 is 2.17 bits per heavy atom. The predicted molar refractivity (Wildman–Crippen MR) is 89.4 cm³/mol. The molecule has 2 aromatic heterocycles. The molecular formula is C17H22N6O. The maximum Gasteiger partial charge on any atom is 0.229 e. The third-order valence-corrected chi connectivity index (χ3v) is 4.14. The van der Waals surface area contributed by atoms with E-state index in [1.807, 2.05) is 19.9 Å². The van der Waals surface area contributed by atoms with Crippen LogP contribution in [0.25, 0.3) is 0 Å². The Morgan fingerprint density at radius 1 is 1.29 bits per heavy atom. The standard InChI is InChI=1S/C17H22N6O/c1-13(2)17-20-15(21-24-17)12-22-7-4-8-23(10-9-22)16-14(11-18)5-3-6-19-16/h3,5-6,13H,4,7-10,12H2,1-2H3. The highest BCUT2D eigenvalue weighted by atomic mass is 16.5. The van der Waals surface area contributed by atoms with E-state index in [0.717, 1.165) is 44.2 Å². The number of nitriles is 1. The molecule has 1 aliphatic rings. The Hall–Kier alpha value is -2.46. The van der Waals surface area contributed by atoms with Crippen LogP contribution in [0.2, 0.25) is 0 Å². The van der Waals surface area contributed by atoms with E-state index in [1.165, 1.54) is 0 Å². The van der Waals surface area contributed by atoms with Crippen LogP contribution in [0.1, 0.15) is 43.5 Å². The summed E-state index contributed by atoms with van der Waals surface area (Å²) in [6, 6.07) is 5.84. The zero-order valence-corrected chi connectivity index (χ0v) is 14.1. The van der Waals surface area contributed by atoms with Crippen molar-refractivity contribution in [1.29, 1.82) is 5.26 Å². The molecule has 126 valence electrons. The fourth-order valence-corrected chi connectivity index (χ4v) is 2.84. The molecule has 3 heterocycles. The molecule has 7 nitrogen and oxygen atoms in total. The molecule has 2 aromatic rings. The average molecular weight is 326 g/mol. The van der Waals surface area contributed by atoms with Gasteiger partial charge in [-0.05, 0) is 18.6 Å². The molecule has 0 unspecified atom stereocenters. The first-order valence-corrected chi connectivity index (χ1v) is 8.32. The van der Waals surface area contributed by atoms with Crippen LogP contribution in [-0.4, -0.2) is 46.2 Å². The summed E-state index contributed by atoms with van der Waals surface area (Å²) in [5.41, 5.74) is 0.630. The van der Waals surface area contributed by atoms with E-state index in [2.05, 4.69) is 31.0 Å². The number of nitrogens with zero attached hydrogens (tertiary/aromatic N) is 6. The summed E-state index contributed by atoms with van der Waals surface area (Å²) in [6.07, 6.45) is 2.75. The Kier molecular flexibility index (Phi) is 5.06. The highest BCUT2D eigenvalue weighted by Gasteiger charge is 2.20. The van der Waals surface area contributed by atoms with Gasteiger partial charge in [-0.15, -0.1) is 0 Å². The number of anilines is 1. The first-order chi connectivity index (χ1) is 11.7. The second-order valence-electron chi connectivity index (χ2n) is 6.31. The van der Waals surface area contributed by atoms with E-state index in [4.69, 9.17) is 4.52 Å². The maximum atomic E-state index is 9.26. The fourth-order valence-electron chi connectivity index (χ4n) is 2.84. The van der Waals surface area contributed by atoms with Crippen LogP contribution in [0, 0.1) is 11.3 Å². The van der Waals surface area contributed by atoms with Crippen molar-refractivity contribution in [1.82, 2.24) is 20.0 Å². The first kappa shape index (κ1) is 16.4. The predicted octanol–water partition coefficient (Wildman–Crippen LogP) is 2.17. The summed E-state index contributed by atoms with van der Waals surface area (Å²) >= 11 is 0. The molecule has 0 amide bonds. The van der Waals surface area contributed by atoms with Gasteiger partial charge in [-0.1, -0.05) is 19.0 Å². The van der Waals surface area contributed by atoms with Crippen LogP contribution in [-0.2, 0) is 6.54 Å². The third kappa shape index (κ3) is 3.71. The Balaban J connectivity index is 1.63. The monoisotopic (exact) mass is 326 g/mol. The molecule has 0 saturated carbocycles. The molecule has 1 fully saturated rings. The van der Waals surface area contributed by atoms with Gasteiger partial charge in [0, 0.05) is 38.3 Å². The van der Waals surface area contributed by atoms with E-state index < -0.39 is 0 Å². The molecule has 24 heavy (non-hydrogen) atoms. The molecule has 0 aromatic carbocycles. The van der Waals surface area contributed by atoms with Crippen LogP contribution in [0.3, 0.4) is 0 Å². The SMILES string of the molecule is CC(C)c1nc(CN2CCCN(c3ncccc3C#N)CC2)no1. The van der Waals surface area contributed by atoms with Gasteiger partial charge in [0.2, 0.25) is 5.89 Å². The molecule has 3 rings (SSSR count). The molecule has 1 saturated heterocycles. The highest BCUT2D eigenvalue weighted by Crippen LogP contribution is 2.19. The summed E-state index contributed by atoms with van der Waals surface area (Å²) in [5, 5.41) is 13.3. The topological polar surface area (TPSA) is 82.1 Å². The highest BCUT2D eigenvalue weighted by molar-refractivity contribution is 5.53. The molecular weight excluding hydrogens is 304 g/mol. The minimum atomic E-state index is 0.249. The molecule has 0 N–H and O–H groups in total. The summed E-state index contributed by atoms with van der Waals surface area (Å²) in [5.74, 6) is 2.46. The lowest BCUT2D eigenvalue weighted by Gasteiger charge is -2.22. The Bertz CT molecular complexity index is 720. The van der Waals surface area contributed by atoms with Crippen molar-refractivity contribution in [2.24, 2.45) is 0 Å². The van der Waals surface area contributed by atoms with Crippen LogP contribution < -0.4 is 4.90 Å². The van der Waals surface area contributed by atoms with Crippen LogP contribution >= 0.6 is 0 Å². The van der Waals surface area contributed by atoms with Crippen molar-refractivity contribution in [2.75, 3.05) is 31.1 Å². The quantitative estimate of drug-likeness (QED) is 0.851. The largest absolute Gasteiger partial charge is 0.354 e. The summed E-state index contributed by atoms with van der Waals surface area (Å²) in [6.45, 7) is 8.36. The second-order valence-corrected chi connectivity index (χ2v) is 6.31. The summed E-state index contributed by atoms with van der Waals surface area (Å²) in [4.78, 5) is 13.4. The van der Waals surface area contributed by atoms with Crippen molar-refractivity contribution in [3.8, 4) is 6.07 Å². The van der Waals surface area contributed by atoms with Crippen molar-refractivity contribution >= 4 is 5.82 Å². The van der Waals surface area contributed by atoms with Gasteiger partial charge in [-0.3, -0.25) is 4.90 Å². The number of pyridine rings is 1. The van der Waals surface area contributed by atoms with Crippen LogP contribution in [0.4, 0.5) is 5.82 Å². The van der Waals surface area contributed by atoms with Gasteiger partial charge in [0.15, 0.2) is 5.82 Å². The van der Waals surface area contributed by atoms with Crippen molar-refractivity contribution in [2.45, 2.75) is 32.7 Å². The van der Waals surface area contributed by atoms with E-state index in [-0.39, 0.29) is 5.92 Å². The second kappa shape index (κ2) is 7.41. The third-order valence-electron chi connectivity index (χ3n) is 4.14.